The van der Waals surface area contributed by atoms with E-state index in [4.69, 9.17) is 11.6 Å². The van der Waals surface area contributed by atoms with Gasteiger partial charge in [-0.3, -0.25) is 4.79 Å². The Labute approximate surface area is 98.6 Å². The summed E-state index contributed by atoms with van der Waals surface area (Å²) in [4.78, 5) is 13.0. The Kier molecular flexibility index (Phi) is 3.14. The van der Waals surface area contributed by atoms with Gasteiger partial charge in [-0.25, -0.2) is 0 Å². The molecule has 1 aliphatic heterocycles. The Morgan fingerprint density at radius 1 is 1.60 bits per heavy atom. The molecule has 0 spiro atoms. The van der Waals surface area contributed by atoms with Gasteiger partial charge in [-0.15, -0.1) is 11.3 Å². The van der Waals surface area contributed by atoms with E-state index in [1.807, 2.05) is 12.3 Å². The van der Waals surface area contributed by atoms with Crippen LogP contribution in [0.4, 0.5) is 0 Å². The third-order valence-electron chi connectivity index (χ3n) is 2.94. The quantitative estimate of drug-likeness (QED) is 0.809. The lowest BCUT2D eigenvalue weighted by Gasteiger charge is -2.33. The van der Waals surface area contributed by atoms with Gasteiger partial charge in [-0.1, -0.05) is 11.6 Å². The minimum atomic E-state index is -0.410. The Morgan fingerprint density at radius 3 is 2.93 bits per heavy atom. The summed E-state index contributed by atoms with van der Waals surface area (Å²) in [6.07, 6.45) is 3.17. The fraction of sp³-hybridized carbons (Fsp3) is 0.545. The van der Waals surface area contributed by atoms with E-state index in [1.165, 1.54) is 11.3 Å². The van der Waals surface area contributed by atoms with Crippen LogP contribution in [0.3, 0.4) is 0 Å². The van der Waals surface area contributed by atoms with Gasteiger partial charge in [-0.2, -0.15) is 0 Å². The molecule has 2 rings (SSSR count). The second kappa shape index (κ2) is 4.24. The number of piperidine rings is 1. The first-order valence-electron chi connectivity index (χ1n) is 5.16. The SMILES string of the molecule is CC1(C(=O)c2sccc2Cl)CCCCN1. The predicted octanol–water partition coefficient (Wildman–Crippen LogP) is 3.12. The molecule has 0 aliphatic carbocycles. The number of hydrogen-bond acceptors (Lipinski definition) is 3. The van der Waals surface area contributed by atoms with Gasteiger partial charge < -0.3 is 5.32 Å². The van der Waals surface area contributed by atoms with Gasteiger partial charge in [0, 0.05) is 0 Å². The summed E-state index contributed by atoms with van der Waals surface area (Å²) in [6, 6.07) is 1.78. The minimum absolute atomic E-state index is 0.141. The van der Waals surface area contributed by atoms with Crippen LogP contribution in [0.1, 0.15) is 35.9 Å². The highest BCUT2D eigenvalue weighted by Gasteiger charge is 2.36. The molecule has 1 atom stereocenters. The van der Waals surface area contributed by atoms with Crippen molar-refractivity contribution in [1.29, 1.82) is 0 Å². The fourth-order valence-electron chi connectivity index (χ4n) is 1.96. The van der Waals surface area contributed by atoms with Gasteiger partial charge in [0.2, 0.25) is 0 Å². The smallest absolute Gasteiger partial charge is 0.193 e. The van der Waals surface area contributed by atoms with E-state index in [1.54, 1.807) is 6.07 Å². The number of nitrogens with one attached hydrogen (secondary N) is 1. The maximum absolute atomic E-state index is 12.3. The fourth-order valence-corrected chi connectivity index (χ4v) is 3.17. The number of carbonyl (C=O) groups is 1. The van der Waals surface area contributed by atoms with E-state index in [-0.39, 0.29) is 5.78 Å². The molecular formula is C11H14ClNOS. The number of hydrogen-bond donors (Lipinski definition) is 1. The van der Waals surface area contributed by atoms with Crippen LogP contribution in [0.2, 0.25) is 5.02 Å². The summed E-state index contributed by atoms with van der Waals surface area (Å²) >= 11 is 7.41. The van der Waals surface area contributed by atoms with Gasteiger partial charge in [0.15, 0.2) is 5.78 Å². The third kappa shape index (κ3) is 2.10. The van der Waals surface area contributed by atoms with Gasteiger partial charge in [-0.05, 0) is 44.2 Å². The first-order valence-corrected chi connectivity index (χ1v) is 6.42. The molecule has 0 bridgehead atoms. The maximum Gasteiger partial charge on any atom is 0.193 e. The molecule has 2 nitrogen and oxygen atoms in total. The van der Waals surface area contributed by atoms with Crippen molar-refractivity contribution in [3.05, 3.63) is 21.3 Å². The molecule has 0 radical (unpaired) electrons. The van der Waals surface area contributed by atoms with E-state index < -0.39 is 5.54 Å². The Balaban J connectivity index is 2.23. The lowest BCUT2D eigenvalue weighted by molar-refractivity contribution is 0.0839. The molecule has 1 aliphatic rings. The summed E-state index contributed by atoms with van der Waals surface area (Å²) in [5, 5.41) is 5.75. The molecule has 15 heavy (non-hydrogen) atoms. The molecule has 1 saturated heterocycles. The number of rotatable bonds is 2. The lowest BCUT2D eigenvalue weighted by atomic mass is 9.86. The zero-order valence-electron chi connectivity index (χ0n) is 8.68. The Morgan fingerprint density at radius 2 is 2.40 bits per heavy atom. The summed E-state index contributed by atoms with van der Waals surface area (Å²) in [5.74, 6) is 0.141. The zero-order chi connectivity index (χ0) is 10.9. The second-order valence-corrected chi connectivity index (χ2v) is 5.47. The standard InChI is InChI=1S/C11H14ClNOS/c1-11(5-2-3-6-13-11)10(14)9-8(12)4-7-15-9/h4,7,13H,2-3,5-6H2,1H3. The third-order valence-corrected chi connectivity index (χ3v) is 4.28. The Hall–Kier alpha value is -0.380. The molecule has 1 fully saturated rings. The summed E-state index contributed by atoms with van der Waals surface area (Å²) < 4.78 is 0. The van der Waals surface area contributed by atoms with Crippen molar-refractivity contribution < 1.29 is 4.79 Å². The van der Waals surface area contributed by atoms with Gasteiger partial charge in [0.25, 0.3) is 0 Å². The lowest BCUT2D eigenvalue weighted by Crippen LogP contribution is -2.52. The molecule has 1 N–H and O–H groups in total. The molecule has 82 valence electrons. The van der Waals surface area contributed by atoms with Crippen LogP contribution < -0.4 is 5.32 Å². The maximum atomic E-state index is 12.3. The number of Topliss-reactive ketones (excluding diaryl/α,β-unsaturated/α-hetero) is 1. The highest BCUT2D eigenvalue weighted by molar-refractivity contribution is 7.12. The monoisotopic (exact) mass is 243 g/mol. The van der Waals surface area contributed by atoms with E-state index in [0.717, 1.165) is 25.8 Å². The van der Waals surface area contributed by atoms with E-state index in [2.05, 4.69) is 5.32 Å². The molecule has 0 aromatic carbocycles. The van der Waals surface area contributed by atoms with Crippen molar-refractivity contribution in [2.24, 2.45) is 0 Å². The first-order chi connectivity index (χ1) is 7.13. The first kappa shape index (κ1) is 11.1. The van der Waals surface area contributed by atoms with Crippen LogP contribution in [0.25, 0.3) is 0 Å². The van der Waals surface area contributed by atoms with Gasteiger partial charge in [0.1, 0.15) is 0 Å². The molecular weight excluding hydrogens is 230 g/mol. The largest absolute Gasteiger partial charge is 0.305 e. The minimum Gasteiger partial charge on any atom is -0.305 e. The van der Waals surface area contributed by atoms with Crippen LogP contribution in [0.15, 0.2) is 11.4 Å². The van der Waals surface area contributed by atoms with Crippen molar-refractivity contribution in [3.8, 4) is 0 Å². The van der Waals surface area contributed by atoms with Crippen LogP contribution in [0.5, 0.6) is 0 Å². The predicted molar refractivity (Wildman–Crippen MR) is 63.9 cm³/mol. The summed E-state index contributed by atoms with van der Waals surface area (Å²) in [5.41, 5.74) is -0.410. The van der Waals surface area contributed by atoms with Crippen molar-refractivity contribution >= 4 is 28.7 Å². The van der Waals surface area contributed by atoms with Crippen LogP contribution in [-0.2, 0) is 0 Å². The van der Waals surface area contributed by atoms with Crippen LogP contribution in [-0.4, -0.2) is 17.9 Å². The molecule has 1 unspecified atom stereocenters. The Bertz CT molecular complexity index is 368. The second-order valence-electron chi connectivity index (χ2n) is 4.14. The molecule has 1 aromatic rings. The summed E-state index contributed by atoms with van der Waals surface area (Å²) in [7, 11) is 0. The highest BCUT2D eigenvalue weighted by atomic mass is 35.5. The highest BCUT2D eigenvalue weighted by Crippen LogP contribution is 2.30. The van der Waals surface area contributed by atoms with Crippen molar-refractivity contribution in [2.75, 3.05) is 6.54 Å². The molecule has 2 heterocycles. The average Bonchev–Trinajstić information content (AvgIpc) is 2.64. The number of halogens is 1. The normalized spacial score (nSPS) is 26.5. The van der Waals surface area contributed by atoms with Crippen molar-refractivity contribution in [2.45, 2.75) is 31.7 Å². The average molecular weight is 244 g/mol. The number of thiophene rings is 1. The van der Waals surface area contributed by atoms with E-state index in [9.17, 15) is 4.79 Å². The molecule has 1 aromatic heterocycles. The molecule has 0 amide bonds. The number of ketones is 1. The van der Waals surface area contributed by atoms with Gasteiger partial charge in [0.05, 0.1) is 15.4 Å². The van der Waals surface area contributed by atoms with Crippen molar-refractivity contribution in [3.63, 3.8) is 0 Å². The van der Waals surface area contributed by atoms with Gasteiger partial charge >= 0.3 is 0 Å². The zero-order valence-corrected chi connectivity index (χ0v) is 10.3. The van der Waals surface area contributed by atoms with Crippen LogP contribution >= 0.6 is 22.9 Å². The van der Waals surface area contributed by atoms with E-state index in [0.29, 0.717) is 9.90 Å². The molecule has 4 heteroatoms. The number of carbonyl (C=O) groups excluding carboxylic acids is 1. The van der Waals surface area contributed by atoms with Crippen LogP contribution in [0, 0.1) is 0 Å². The van der Waals surface area contributed by atoms with Crippen molar-refractivity contribution in [1.82, 2.24) is 5.32 Å². The van der Waals surface area contributed by atoms with E-state index >= 15 is 0 Å². The topological polar surface area (TPSA) is 29.1 Å². The summed E-state index contributed by atoms with van der Waals surface area (Å²) in [6.45, 7) is 2.90. The molecule has 0 saturated carbocycles.